The molecule has 0 unspecified atom stereocenters. The number of rotatable bonds is 6. The van der Waals surface area contributed by atoms with Gasteiger partial charge in [-0.2, -0.15) is 0 Å². The second-order valence-electron chi connectivity index (χ2n) is 10.8. The van der Waals surface area contributed by atoms with Gasteiger partial charge in [0.1, 0.15) is 0 Å². The number of hydrogen-bond acceptors (Lipinski definition) is 5. The van der Waals surface area contributed by atoms with Crippen molar-refractivity contribution < 1.29 is 21.1 Å². The van der Waals surface area contributed by atoms with E-state index >= 15 is 0 Å². The Labute approximate surface area is 276 Å². The van der Waals surface area contributed by atoms with E-state index < -0.39 is 5.41 Å². The number of aromatic nitrogens is 6. The van der Waals surface area contributed by atoms with Crippen molar-refractivity contribution in [2.75, 3.05) is 0 Å². The molecule has 220 valence electrons. The van der Waals surface area contributed by atoms with Gasteiger partial charge in [-0.05, 0) is 64.6 Å². The Morgan fingerprint density at radius 3 is 1.73 bits per heavy atom. The molecule has 45 heavy (non-hydrogen) atoms. The minimum Gasteiger partial charge on any atom is -0.342 e. The standard InChI is InChI=1S/C36H26N8.Pt/c1-38-33-20-24-44(42-33)35-30(27-13-7-3-8-14-27)16-18-32(40-35)36(21-9-4-10-22-36)31-17-15-29(26-11-5-2-6-12-26)34(39-31)43-23-19-28(25-37)41-43;/h2-3,5-8,11-20H,4,9-10,21-22H2;/q-2;+2. The van der Waals surface area contributed by atoms with Crippen molar-refractivity contribution >= 4 is 5.82 Å². The summed E-state index contributed by atoms with van der Waals surface area (Å²) in [5.41, 5.74) is 5.41. The van der Waals surface area contributed by atoms with Gasteiger partial charge in [0.2, 0.25) is 0 Å². The zero-order valence-electron chi connectivity index (χ0n) is 24.2. The van der Waals surface area contributed by atoms with Crippen molar-refractivity contribution in [3.63, 3.8) is 0 Å². The molecule has 0 spiro atoms. The molecule has 1 aliphatic rings. The van der Waals surface area contributed by atoms with E-state index in [0.29, 0.717) is 11.6 Å². The Bertz CT molecular complexity index is 1890. The van der Waals surface area contributed by atoms with Crippen molar-refractivity contribution in [1.29, 1.82) is 5.26 Å². The molecule has 1 aliphatic carbocycles. The van der Waals surface area contributed by atoms with E-state index in [4.69, 9.17) is 16.5 Å². The van der Waals surface area contributed by atoms with E-state index in [-0.39, 0.29) is 32.6 Å². The first-order valence-corrected chi connectivity index (χ1v) is 14.6. The summed E-state index contributed by atoms with van der Waals surface area (Å²) in [6, 6.07) is 33.8. The molecule has 8 nitrogen and oxygen atoms in total. The molecule has 7 rings (SSSR count). The first-order valence-electron chi connectivity index (χ1n) is 14.6. The number of hydrogen-bond donors (Lipinski definition) is 0. The minimum atomic E-state index is -0.465. The molecule has 0 bridgehead atoms. The largest absolute Gasteiger partial charge is 2.00 e. The molecule has 0 saturated heterocycles. The Balaban J connectivity index is 0.00000357. The van der Waals surface area contributed by atoms with Crippen LogP contribution in [0.15, 0.2) is 97.1 Å². The van der Waals surface area contributed by atoms with Crippen LogP contribution in [0.2, 0.25) is 0 Å². The van der Waals surface area contributed by atoms with Crippen molar-refractivity contribution in [2.45, 2.75) is 37.5 Å². The summed E-state index contributed by atoms with van der Waals surface area (Å²) in [5, 5.41) is 18.4. The molecule has 1 saturated carbocycles. The van der Waals surface area contributed by atoms with Crippen LogP contribution in [0, 0.1) is 30.3 Å². The van der Waals surface area contributed by atoms with Gasteiger partial charge in [0.15, 0.2) is 0 Å². The molecule has 4 aromatic heterocycles. The van der Waals surface area contributed by atoms with Crippen LogP contribution in [0.1, 0.15) is 49.2 Å². The number of nitriles is 1. The monoisotopic (exact) mass is 765 g/mol. The van der Waals surface area contributed by atoms with Crippen LogP contribution in [0.5, 0.6) is 0 Å². The van der Waals surface area contributed by atoms with E-state index in [2.05, 4.69) is 57.8 Å². The predicted octanol–water partition coefficient (Wildman–Crippen LogP) is 7.45. The summed E-state index contributed by atoms with van der Waals surface area (Å²) in [6.45, 7) is 7.44. The summed E-state index contributed by atoms with van der Waals surface area (Å²) in [7, 11) is 0. The van der Waals surface area contributed by atoms with Crippen LogP contribution in [0.3, 0.4) is 0 Å². The summed E-state index contributed by atoms with van der Waals surface area (Å²) < 4.78 is 3.15. The molecule has 0 N–H and O–H groups in total. The summed E-state index contributed by atoms with van der Waals surface area (Å²) >= 11 is 0. The fourth-order valence-electron chi connectivity index (χ4n) is 6.13. The topological polar surface area (TPSA) is 89.6 Å². The van der Waals surface area contributed by atoms with Gasteiger partial charge in [0.05, 0.1) is 28.8 Å². The number of nitrogens with zero attached hydrogens (tertiary/aromatic N) is 8. The van der Waals surface area contributed by atoms with Crippen molar-refractivity contribution in [3.8, 4) is 40.0 Å². The molecule has 0 amide bonds. The molecule has 9 heteroatoms. The van der Waals surface area contributed by atoms with Gasteiger partial charge < -0.3 is 9.53 Å². The smallest absolute Gasteiger partial charge is 0.342 e. The van der Waals surface area contributed by atoms with Gasteiger partial charge in [-0.3, -0.25) is 9.97 Å². The first kappa shape index (κ1) is 29.9. The predicted molar refractivity (Wildman–Crippen MR) is 166 cm³/mol. The van der Waals surface area contributed by atoms with Gasteiger partial charge >= 0.3 is 26.9 Å². The molecule has 2 aromatic carbocycles. The Morgan fingerprint density at radius 1 is 0.711 bits per heavy atom. The summed E-state index contributed by atoms with van der Waals surface area (Å²) in [6.07, 6.45) is 11.2. The Kier molecular flexibility index (Phi) is 8.51. The van der Waals surface area contributed by atoms with E-state index in [1.165, 1.54) is 0 Å². The third-order valence-electron chi connectivity index (χ3n) is 8.29. The van der Waals surface area contributed by atoms with E-state index in [9.17, 15) is 5.26 Å². The number of benzene rings is 2. The molecule has 0 radical (unpaired) electrons. The fourth-order valence-corrected chi connectivity index (χ4v) is 6.13. The SMILES string of the molecule is [C-]#[N+]c1c[c-]n(-c2nc(C3(c4ccc(-c5ccccc5)c(-n5[c-]cc(C#N)n5)n4)CCCCC3)ccc2-c2ccccc2)n1.[Pt+2]. The van der Waals surface area contributed by atoms with E-state index in [1.54, 1.807) is 21.5 Å². The second kappa shape index (κ2) is 12.8. The molecule has 4 heterocycles. The van der Waals surface area contributed by atoms with Gasteiger partial charge in [-0.25, -0.2) is 15.0 Å². The van der Waals surface area contributed by atoms with Crippen LogP contribution in [0.25, 0.3) is 38.7 Å². The van der Waals surface area contributed by atoms with Crippen molar-refractivity contribution in [3.05, 3.63) is 138 Å². The quantitative estimate of drug-likeness (QED) is 0.165. The molecular formula is C36H26N8Pt. The van der Waals surface area contributed by atoms with Gasteiger partial charge in [0.25, 0.3) is 0 Å². The second-order valence-corrected chi connectivity index (χ2v) is 10.8. The van der Waals surface area contributed by atoms with Crippen LogP contribution in [-0.4, -0.2) is 29.5 Å². The van der Waals surface area contributed by atoms with Crippen LogP contribution in [0.4, 0.5) is 5.82 Å². The van der Waals surface area contributed by atoms with E-state index in [0.717, 1.165) is 65.7 Å². The maximum atomic E-state index is 9.47. The molecule has 1 fully saturated rings. The zero-order valence-corrected chi connectivity index (χ0v) is 26.4. The third kappa shape index (κ3) is 5.62. The Morgan fingerprint density at radius 2 is 1.24 bits per heavy atom. The van der Waals surface area contributed by atoms with Gasteiger partial charge in [-0.15, -0.1) is 6.07 Å². The van der Waals surface area contributed by atoms with Crippen LogP contribution < -0.4 is 0 Å². The first-order chi connectivity index (χ1) is 21.7. The molecule has 6 aromatic rings. The average molecular weight is 766 g/mol. The van der Waals surface area contributed by atoms with Crippen molar-refractivity contribution in [2.24, 2.45) is 0 Å². The Hall–Kier alpha value is -5.17. The van der Waals surface area contributed by atoms with Crippen molar-refractivity contribution in [1.82, 2.24) is 29.5 Å². The maximum Gasteiger partial charge on any atom is 2.00 e. The summed E-state index contributed by atoms with van der Waals surface area (Å²) in [4.78, 5) is 14.1. The van der Waals surface area contributed by atoms with E-state index in [1.807, 2.05) is 60.7 Å². The molecular weight excluding hydrogens is 740 g/mol. The van der Waals surface area contributed by atoms with Gasteiger partial charge in [-0.1, -0.05) is 105 Å². The minimum absolute atomic E-state index is 0. The zero-order chi connectivity index (χ0) is 29.9. The summed E-state index contributed by atoms with van der Waals surface area (Å²) in [5.74, 6) is 1.50. The average Bonchev–Trinajstić information content (AvgIpc) is 3.79. The fraction of sp³-hybridized carbons (Fsp3) is 0.167. The van der Waals surface area contributed by atoms with Gasteiger partial charge in [0, 0.05) is 11.4 Å². The number of pyridine rings is 2. The molecule has 0 aliphatic heterocycles. The van der Waals surface area contributed by atoms with Crippen LogP contribution in [-0.2, 0) is 26.5 Å². The van der Waals surface area contributed by atoms with Crippen LogP contribution >= 0.6 is 0 Å². The maximum absolute atomic E-state index is 9.47. The normalized spacial score (nSPS) is 13.7. The third-order valence-corrected chi connectivity index (χ3v) is 8.29. The molecule has 0 atom stereocenters.